The molecule has 0 aromatic carbocycles. The summed E-state index contributed by atoms with van der Waals surface area (Å²) < 4.78 is 0. The zero-order valence-corrected chi connectivity index (χ0v) is 10.5. The SMILES string of the molecule is CC1(C)CCCCN(c2cnc(C#N)cn2)C1. The second kappa shape index (κ2) is 4.70. The van der Waals surface area contributed by atoms with Gasteiger partial charge in [0.05, 0.1) is 12.4 Å². The Labute approximate surface area is 102 Å². The Morgan fingerprint density at radius 3 is 2.76 bits per heavy atom. The summed E-state index contributed by atoms with van der Waals surface area (Å²) in [6, 6.07) is 1.99. The van der Waals surface area contributed by atoms with Crippen molar-refractivity contribution in [3.63, 3.8) is 0 Å². The molecule has 4 heteroatoms. The van der Waals surface area contributed by atoms with E-state index in [4.69, 9.17) is 5.26 Å². The van der Waals surface area contributed by atoms with Crippen molar-refractivity contribution in [2.24, 2.45) is 5.41 Å². The highest BCUT2D eigenvalue weighted by Gasteiger charge is 2.25. The van der Waals surface area contributed by atoms with Crippen molar-refractivity contribution in [1.82, 2.24) is 9.97 Å². The summed E-state index contributed by atoms with van der Waals surface area (Å²) in [4.78, 5) is 10.7. The van der Waals surface area contributed by atoms with Gasteiger partial charge in [0.2, 0.25) is 0 Å². The molecule has 90 valence electrons. The minimum Gasteiger partial charge on any atom is -0.355 e. The maximum absolute atomic E-state index is 8.70. The van der Waals surface area contributed by atoms with E-state index in [0.717, 1.165) is 18.9 Å². The molecule has 0 aliphatic carbocycles. The lowest BCUT2D eigenvalue weighted by Crippen LogP contribution is -2.33. The molecule has 0 N–H and O–H groups in total. The molecule has 4 nitrogen and oxygen atoms in total. The first-order valence-electron chi connectivity index (χ1n) is 6.08. The first-order valence-corrected chi connectivity index (χ1v) is 6.08. The first kappa shape index (κ1) is 11.8. The molecule has 0 spiro atoms. The van der Waals surface area contributed by atoms with E-state index in [0.29, 0.717) is 11.1 Å². The third kappa shape index (κ3) is 2.94. The zero-order valence-electron chi connectivity index (χ0n) is 10.5. The van der Waals surface area contributed by atoms with Crippen molar-refractivity contribution >= 4 is 5.82 Å². The molecular weight excluding hydrogens is 212 g/mol. The van der Waals surface area contributed by atoms with Crippen LogP contribution in [0.15, 0.2) is 12.4 Å². The average molecular weight is 230 g/mol. The van der Waals surface area contributed by atoms with Crippen molar-refractivity contribution in [2.45, 2.75) is 33.1 Å². The van der Waals surface area contributed by atoms with Crippen LogP contribution in [-0.2, 0) is 0 Å². The van der Waals surface area contributed by atoms with Crippen LogP contribution in [0, 0.1) is 16.7 Å². The van der Waals surface area contributed by atoms with Crippen LogP contribution in [0.1, 0.15) is 38.8 Å². The van der Waals surface area contributed by atoms with Gasteiger partial charge in [0.1, 0.15) is 11.9 Å². The Morgan fingerprint density at radius 1 is 1.29 bits per heavy atom. The van der Waals surface area contributed by atoms with Gasteiger partial charge in [-0.15, -0.1) is 0 Å². The van der Waals surface area contributed by atoms with E-state index in [1.54, 1.807) is 12.4 Å². The highest BCUT2D eigenvalue weighted by atomic mass is 15.2. The molecule has 0 unspecified atom stereocenters. The number of hydrogen-bond donors (Lipinski definition) is 0. The quantitative estimate of drug-likeness (QED) is 0.743. The molecule has 1 aromatic heterocycles. The molecule has 0 atom stereocenters. The van der Waals surface area contributed by atoms with Crippen LogP contribution in [0.2, 0.25) is 0 Å². The van der Waals surface area contributed by atoms with Gasteiger partial charge in [-0.3, -0.25) is 0 Å². The van der Waals surface area contributed by atoms with Gasteiger partial charge in [-0.05, 0) is 18.3 Å². The Balaban J connectivity index is 2.17. The smallest absolute Gasteiger partial charge is 0.158 e. The van der Waals surface area contributed by atoms with E-state index in [2.05, 4.69) is 28.7 Å². The average Bonchev–Trinajstić information content (AvgIpc) is 2.50. The number of anilines is 1. The third-order valence-electron chi connectivity index (χ3n) is 3.23. The summed E-state index contributed by atoms with van der Waals surface area (Å²) in [5.41, 5.74) is 0.703. The number of aromatic nitrogens is 2. The summed E-state index contributed by atoms with van der Waals surface area (Å²) in [5.74, 6) is 0.888. The van der Waals surface area contributed by atoms with Gasteiger partial charge < -0.3 is 4.90 Å². The fraction of sp³-hybridized carbons (Fsp3) is 0.615. The summed E-state index contributed by atoms with van der Waals surface area (Å²) in [5, 5.41) is 8.70. The van der Waals surface area contributed by atoms with Crippen LogP contribution in [0.5, 0.6) is 0 Å². The number of nitriles is 1. The molecular formula is C13H18N4. The van der Waals surface area contributed by atoms with E-state index in [9.17, 15) is 0 Å². The van der Waals surface area contributed by atoms with E-state index >= 15 is 0 Å². The van der Waals surface area contributed by atoms with Crippen molar-refractivity contribution in [2.75, 3.05) is 18.0 Å². The molecule has 1 aliphatic heterocycles. The molecule has 1 fully saturated rings. The van der Waals surface area contributed by atoms with Crippen LogP contribution in [0.4, 0.5) is 5.82 Å². The topological polar surface area (TPSA) is 52.8 Å². The van der Waals surface area contributed by atoms with Crippen LogP contribution >= 0.6 is 0 Å². The predicted molar refractivity (Wildman–Crippen MR) is 66.6 cm³/mol. The highest BCUT2D eigenvalue weighted by molar-refractivity contribution is 5.37. The molecule has 1 aromatic rings. The van der Waals surface area contributed by atoms with Crippen LogP contribution in [0.3, 0.4) is 0 Å². The van der Waals surface area contributed by atoms with Crippen molar-refractivity contribution in [3.05, 3.63) is 18.1 Å². The van der Waals surface area contributed by atoms with Gasteiger partial charge in [-0.2, -0.15) is 5.26 Å². The predicted octanol–water partition coefficient (Wildman–Crippen LogP) is 2.36. The Hall–Kier alpha value is -1.63. The molecule has 17 heavy (non-hydrogen) atoms. The minimum atomic E-state index is 0.325. The largest absolute Gasteiger partial charge is 0.355 e. The van der Waals surface area contributed by atoms with Gasteiger partial charge in [0.15, 0.2) is 5.69 Å². The lowest BCUT2D eigenvalue weighted by Gasteiger charge is -2.30. The lowest BCUT2D eigenvalue weighted by atomic mass is 9.88. The normalized spacial score (nSPS) is 19.5. The Morgan fingerprint density at radius 2 is 2.12 bits per heavy atom. The van der Waals surface area contributed by atoms with Crippen LogP contribution < -0.4 is 4.90 Å². The van der Waals surface area contributed by atoms with E-state index < -0.39 is 0 Å². The van der Waals surface area contributed by atoms with Gasteiger partial charge >= 0.3 is 0 Å². The number of nitrogens with zero attached hydrogens (tertiary/aromatic N) is 4. The fourth-order valence-electron chi connectivity index (χ4n) is 2.32. The molecule has 2 rings (SSSR count). The summed E-state index contributed by atoms with van der Waals surface area (Å²) in [7, 11) is 0. The molecule has 0 radical (unpaired) electrons. The number of rotatable bonds is 1. The van der Waals surface area contributed by atoms with Gasteiger partial charge in [0, 0.05) is 13.1 Å². The second-order valence-corrected chi connectivity index (χ2v) is 5.41. The van der Waals surface area contributed by atoms with E-state index in [-0.39, 0.29) is 0 Å². The second-order valence-electron chi connectivity index (χ2n) is 5.41. The van der Waals surface area contributed by atoms with Gasteiger partial charge in [0.25, 0.3) is 0 Å². The lowest BCUT2D eigenvalue weighted by molar-refractivity contribution is 0.348. The zero-order chi connectivity index (χ0) is 12.3. The van der Waals surface area contributed by atoms with Crippen molar-refractivity contribution in [1.29, 1.82) is 5.26 Å². The van der Waals surface area contributed by atoms with E-state index in [1.807, 2.05) is 6.07 Å². The molecule has 0 saturated carbocycles. The summed E-state index contributed by atoms with van der Waals surface area (Å²) >= 11 is 0. The van der Waals surface area contributed by atoms with Gasteiger partial charge in [-0.25, -0.2) is 9.97 Å². The van der Waals surface area contributed by atoms with Crippen molar-refractivity contribution in [3.8, 4) is 6.07 Å². The highest BCUT2D eigenvalue weighted by Crippen LogP contribution is 2.29. The molecule has 0 amide bonds. The fourth-order valence-corrected chi connectivity index (χ4v) is 2.32. The Bertz CT molecular complexity index is 416. The van der Waals surface area contributed by atoms with Crippen molar-refractivity contribution < 1.29 is 0 Å². The van der Waals surface area contributed by atoms with E-state index in [1.165, 1.54) is 19.3 Å². The maximum Gasteiger partial charge on any atom is 0.158 e. The van der Waals surface area contributed by atoms with Gasteiger partial charge in [-0.1, -0.05) is 20.3 Å². The first-order chi connectivity index (χ1) is 8.11. The maximum atomic E-state index is 8.70. The monoisotopic (exact) mass is 230 g/mol. The molecule has 1 saturated heterocycles. The minimum absolute atomic E-state index is 0.325. The molecule has 2 heterocycles. The Kier molecular flexibility index (Phi) is 3.28. The summed E-state index contributed by atoms with van der Waals surface area (Å²) in [6.07, 6.45) is 6.98. The van der Waals surface area contributed by atoms with Crippen LogP contribution in [0.25, 0.3) is 0 Å². The number of hydrogen-bond acceptors (Lipinski definition) is 4. The summed E-state index contributed by atoms with van der Waals surface area (Å²) in [6.45, 7) is 6.63. The standard InChI is InChI=1S/C13H18N4/c1-13(2)5-3-4-6-17(10-13)12-9-15-11(7-14)8-16-12/h8-9H,3-6,10H2,1-2H3. The molecule has 1 aliphatic rings. The van der Waals surface area contributed by atoms with Crippen LogP contribution in [-0.4, -0.2) is 23.1 Å². The molecule has 0 bridgehead atoms. The third-order valence-corrected chi connectivity index (χ3v) is 3.23.